The lowest BCUT2D eigenvalue weighted by Crippen LogP contribution is -2.28. The third kappa shape index (κ3) is 3.90. The molecule has 1 heterocycles. The van der Waals surface area contributed by atoms with E-state index in [1.165, 1.54) is 0 Å². The Bertz CT molecular complexity index is 563. The lowest BCUT2D eigenvalue weighted by molar-refractivity contribution is -0.121. The van der Waals surface area contributed by atoms with Crippen LogP contribution in [-0.4, -0.2) is 10.9 Å². The van der Waals surface area contributed by atoms with Crippen LogP contribution in [0.5, 0.6) is 0 Å². The monoisotopic (exact) mass is 288 g/mol. The van der Waals surface area contributed by atoms with Gasteiger partial charge in [-0.1, -0.05) is 44.2 Å². The minimum atomic E-state index is 0.0157. The Kier molecular flexibility index (Phi) is 4.90. The van der Waals surface area contributed by atoms with Gasteiger partial charge in [0.1, 0.15) is 0 Å². The summed E-state index contributed by atoms with van der Waals surface area (Å²) in [5.41, 5.74) is 1.97. The summed E-state index contributed by atoms with van der Waals surface area (Å²) in [6, 6.07) is 9.99. The molecule has 1 aromatic heterocycles. The molecular formula is C16H20N2OS. The Morgan fingerprint density at radius 2 is 1.95 bits per heavy atom. The molecule has 20 heavy (non-hydrogen) atoms. The highest BCUT2D eigenvalue weighted by Gasteiger charge is 2.12. The van der Waals surface area contributed by atoms with Crippen molar-refractivity contribution in [3.63, 3.8) is 0 Å². The molecule has 1 atom stereocenters. The summed E-state index contributed by atoms with van der Waals surface area (Å²) < 4.78 is 0. The number of hydrogen-bond donors (Lipinski definition) is 1. The molecule has 2 aromatic rings. The smallest absolute Gasteiger partial charge is 0.226 e. The molecule has 0 aliphatic heterocycles. The van der Waals surface area contributed by atoms with Gasteiger partial charge in [0, 0.05) is 11.3 Å². The summed E-state index contributed by atoms with van der Waals surface area (Å²) in [4.78, 5) is 16.5. The van der Waals surface area contributed by atoms with Crippen molar-refractivity contribution in [2.75, 3.05) is 0 Å². The third-order valence-electron chi connectivity index (χ3n) is 3.08. The van der Waals surface area contributed by atoms with Gasteiger partial charge in [0.25, 0.3) is 0 Å². The highest BCUT2D eigenvalue weighted by Crippen LogP contribution is 2.19. The SMILES string of the molecule is CC(C)c1nc(CC(=O)NC(C)c2ccccc2)cs1. The van der Waals surface area contributed by atoms with Crippen LogP contribution in [-0.2, 0) is 11.2 Å². The minimum absolute atomic E-state index is 0.0157. The Balaban J connectivity index is 1.92. The number of carbonyl (C=O) groups is 1. The Labute approximate surface area is 124 Å². The molecule has 4 heteroatoms. The third-order valence-corrected chi connectivity index (χ3v) is 4.28. The van der Waals surface area contributed by atoms with Crippen molar-refractivity contribution in [3.05, 3.63) is 52.0 Å². The van der Waals surface area contributed by atoms with Gasteiger partial charge in [-0.15, -0.1) is 11.3 Å². The second-order valence-corrected chi connectivity index (χ2v) is 6.10. The van der Waals surface area contributed by atoms with E-state index >= 15 is 0 Å². The van der Waals surface area contributed by atoms with Crippen LogP contribution in [0.2, 0.25) is 0 Å². The van der Waals surface area contributed by atoms with Crippen molar-refractivity contribution >= 4 is 17.2 Å². The van der Waals surface area contributed by atoms with Gasteiger partial charge in [-0.25, -0.2) is 4.98 Å². The fourth-order valence-corrected chi connectivity index (χ4v) is 2.79. The number of nitrogens with one attached hydrogen (secondary N) is 1. The van der Waals surface area contributed by atoms with Crippen LogP contribution in [0.3, 0.4) is 0 Å². The molecule has 1 unspecified atom stereocenters. The molecule has 0 aliphatic rings. The molecule has 0 aliphatic carbocycles. The van der Waals surface area contributed by atoms with E-state index in [0.29, 0.717) is 12.3 Å². The maximum Gasteiger partial charge on any atom is 0.226 e. The first-order chi connectivity index (χ1) is 9.56. The van der Waals surface area contributed by atoms with Crippen LogP contribution in [0.15, 0.2) is 35.7 Å². The zero-order valence-electron chi connectivity index (χ0n) is 12.1. The highest BCUT2D eigenvalue weighted by molar-refractivity contribution is 7.09. The Hall–Kier alpha value is -1.68. The zero-order valence-corrected chi connectivity index (χ0v) is 12.9. The molecule has 1 N–H and O–H groups in total. The standard InChI is InChI=1S/C16H20N2OS/c1-11(2)16-18-14(10-20-16)9-15(19)17-12(3)13-7-5-4-6-8-13/h4-8,10-12H,9H2,1-3H3,(H,17,19). The first-order valence-electron chi connectivity index (χ1n) is 6.85. The van der Waals surface area contributed by atoms with Crippen LogP contribution >= 0.6 is 11.3 Å². The Morgan fingerprint density at radius 3 is 2.55 bits per heavy atom. The van der Waals surface area contributed by atoms with E-state index in [1.54, 1.807) is 11.3 Å². The van der Waals surface area contributed by atoms with Gasteiger partial charge in [-0.2, -0.15) is 0 Å². The van der Waals surface area contributed by atoms with Crippen molar-refractivity contribution in [1.82, 2.24) is 10.3 Å². The molecule has 0 saturated heterocycles. The maximum atomic E-state index is 12.0. The van der Waals surface area contributed by atoms with Crippen LogP contribution in [0.1, 0.15) is 49.0 Å². The Morgan fingerprint density at radius 1 is 1.25 bits per heavy atom. The van der Waals surface area contributed by atoms with Crippen LogP contribution in [0.25, 0.3) is 0 Å². The topological polar surface area (TPSA) is 42.0 Å². The summed E-state index contributed by atoms with van der Waals surface area (Å²) in [6.07, 6.45) is 0.348. The number of benzene rings is 1. The van der Waals surface area contributed by atoms with Crippen molar-refractivity contribution in [1.29, 1.82) is 0 Å². The second kappa shape index (κ2) is 6.66. The number of amides is 1. The van der Waals surface area contributed by atoms with E-state index < -0.39 is 0 Å². The van der Waals surface area contributed by atoms with E-state index in [1.807, 2.05) is 42.6 Å². The predicted octanol–water partition coefficient (Wildman–Crippen LogP) is 3.69. The summed E-state index contributed by atoms with van der Waals surface area (Å²) in [5.74, 6) is 0.432. The molecule has 0 saturated carbocycles. The predicted molar refractivity (Wildman–Crippen MR) is 82.9 cm³/mol. The van der Waals surface area contributed by atoms with Crippen molar-refractivity contribution in [3.8, 4) is 0 Å². The van der Waals surface area contributed by atoms with Crippen LogP contribution in [0.4, 0.5) is 0 Å². The molecule has 2 rings (SSSR count). The highest BCUT2D eigenvalue weighted by atomic mass is 32.1. The number of nitrogens with zero attached hydrogens (tertiary/aromatic N) is 1. The van der Waals surface area contributed by atoms with Gasteiger partial charge in [0.05, 0.1) is 23.2 Å². The molecule has 0 radical (unpaired) electrons. The average molecular weight is 288 g/mol. The van der Waals surface area contributed by atoms with E-state index in [2.05, 4.69) is 24.1 Å². The fourth-order valence-electron chi connectivity index (χ4n) is 1.95. The van der Waals surface area contributed by atoms with Gasteiger partial charge >= 0.3 is 0 Å². The molecule has 3 nitrogen and oxygen atoms in total. The molecular weight excluding hydrogens is 268 g/mol. The van der Waals surface area contributed by atoms with Crippen molar-refractivity contribution < 1.29 is 4.79 Å². The average Bonchev–Trinajstić information content (AvgIpc) is 2.88. The van der Waals surface area contributed by atoms with Gasteiger partial charge in [-0.3, -0.25) is 4.79 Å². The van der Waals surface area contributed by atoms with Crippen molar-refractivity contribution in [2.24, 2.45) is 0 Å². The number of carbonyl (C=O) groups excluding carboxylic acids is 1. The second-order valence-electron chi connectivity index (χ2n) is 5.21. The van der Waals surface area contributed by atoms with Gasteiger partial charge in [0.15, 0.2) is 0 Å². The molecule has 106 valence electrons. The summed E-state index contributed by atoms with van der Waals surface area (Å²) in [5, 5.41) is 6.07. The summed E-state index contributed by atoms with van der Waals surface area (Å²) in [6.45, 7) is 6.22. The zero-order chi connectivity index (χ0) is 14.5. The summed E-state index contributed by atoms with van der Waals surface area (Å²) >= 11 is 1.62. The number of rotatable bonds is 5. The number of thiazole rings is 1. The first kappa shape index (κ1) is 14.7. The van der Waals surface area contributed by atoms with E-state index in [9.17, 15) is 4.79 Å². The van der Waals surface area contributed by atoms with E-state index in [4.69, 9.17) is 0 Å². The van der Waals surface area contributed by atoms with E-state index in [-0.39, 0.29) is 11.9 Å². The lowest BCUT2D eigenvalue weighted by Gasteiger charge is -2.13. The van der Waals surface area contributed by atoms with E-state index in [0.717, 1.165) is 16.3 Å². The molecule has 1 amide bonds. The maximum absolute atomic E-state index is 12.0. The van der Waals surface area contributed by atoms with Crippen molar-refractivity contribution in [2.45, 2.75) is 39.2 Å². The molecule has 0 spiro atoms. The molecule has 0 fully saturated rings. The normalized spacial score (nSPS) is 12.4. The number of aromatic nitrogens is 1. The lowest BCUT2D eigenvalue weighted by atomic mass is 10.1. The number of hydrogen-bond acceptors (Lipinski definition) is 3. The van der Waals surface area contributed by atoms with Crippen LogP contribution in [0, 0.1) is 0 Å². The largest absolute Gasteiger partial charge is 0.349 e. The fraction of sp³-hybridized carbons (Fsp3) is 0.375. The first-order valence-corrected chi connectivity index (χ1v) is 7.73. The van der Waals surface area contributed by atoms with Gasteiger partial charge < -0.3 is 5.32 Å². The van der Waals surface area contributed by atoms with Crippen LogP contribution < -0.4 is 5.32 Å². The van der Waals surface area contributed by atoms with Gasteiger partial charge in [0.2, 0.25) is 5.91 Å². The van der Waals surface area contributed by atoms with Gasteiger partial charge in [-0.05, 0) is 12.5 Å². The molecule has 1 aromatic carbocycles. The summed E-state index contributed by atoms with van der Waals surface area (Å²) in [7, 11) is 0. The minimum Gasteiger partial charge on any atom is -0.349 e. The quantitative estimate of drug-likeness (QED) is 0.911. The molecule has 0 bridgehead atoms.